The lowest BCUT2D eigenvalue weighted by Gasteiger charge is -2.35. The molecule has 2 fully saturated rings. The third-order valence-electron chi connectivity index (χ3n) is 5.34. The summed E-state index contributed by atoms with van der Waals surface area (Å²) in [7, 11) is 0. The maximum Gasteiger partial charge on any atom is 0.236 e. The number of hydrogen-bond acceptors (Lipinski definition) is 4. The summed E-state index contributed by atoms with van der Waals surface area (Å²) in [5, 5.41) is 6.01. The van der Waals surface area contributed by atoms with Gasteiger partial charge in [0.2, 0.25) is 17.7 Å². The number of anilines is 1. The fourth-order valence-corrected chi connectivity index (χ4v) is 4.20. The Balaban J connectivity index is 1.97. The van der Waals surface area contributed by atoms with Crippen molar-refractivity contribution in [1.82, 2.24) is 10.2 Å². The van der Waals surface area contributed by atoms with E-state index in [1.54, 1.807) is 4.90 Å². The molecule has 3 rings (SSSR count). The largest absolute Gasteiger partial charge is 0.348 e. The monoisotopic (exact) mass is 358 g/mol. The Bertz CT molecular complexity index is 720. The van der Waals surface area contributed by atoms with Crippen LogP contribution in [0.2, 0.25) is 0 Å². The number of nitrogens with zero attached hydrogens (tertiary/aromatic N) is 1. The van der Waals surface area contributed by atoms with E-state index in [9.17, 15) is 14.4 Å². The van der Waals surface area contributed by atoms with E-state index in [1.807, 2.05) is 24.3 Å². The van der Waals surface area contributed by atoms with Crippen LogP contribution in [-0.4, -0.2) is 47.8 Å². The summed E-state index contributed by atoms with van der Waals surface area (Å²) in [5.74, 6) is -0.240. The Kier molecular flexibility index (Phi) is 5.27. The molecule has 0 unspecified atom stereocenters. The van der Waals surface area contributed by atoms with Gasteiger partial charge in [0.25, 0.3) is 0 Å². The van der Waals surface area contributed by atoms with Crippen molar-refractivity contribution in [1.29, 1.82) is 0 Å². The van der Waals surface area contributed by atoms with Gasteiger partial charge >= 0.3 is 0 Å². The van der Waals surface area contributed by atoms with Crippen molar-refractivity contribution in [3.63, 3.8) is 0 Å². The molecule has 0 aliphatic carbocycles. The lowest BCUT2D eigenvalue weighted by molar-refractivity contribution is -0.129. The van der Waals surface area contributed by atoms with Crippen LogP contribution in [0, 0.1) is 0 Å². The molecular formula is C19H26N4O3. The molecular weight excluding hydrogens is 332 g/mol. The third kappa shape index (κ3) is 3.72. The number of amides is 3. The minimum atomic E-state index is -0.479. The molecule has 7 nitrogen and oxygen atoms in total. The standard InChI is InChI=1S/C19H26N4O3/c1-13(24)21-15-6-4-5-14(9-15)16-11-23(18(26)10-20)12-19(16)8-3-2-7-17(25)22-19/h4-6,9,16H,2-3,7-8,10-12,20H2,1H3,(H,21,24)(H,22,25)/t16-,19+/m0/s1. The highest BCUT2D eigenvalue weighted by atomic mass is 16.2. The first-order valence-corrected chi connectivity index (χ1v) is 9.10. The maximum atomic E-state index is 12.3. The lowest BCUT2D eigenvalue weighted by atomic mass is 9.79. The maximum absolute atomic E-state index is 12.3. The Morgan fingerprint density at radius 2 is 2.19 bits per heavy atom. The van der Waals surface area contributed by atoms with Crippen molar-refractivity contribution >= 4 is 23.4 Å². The first-order valence-electron chi connectivity index (χ1n) is 9.10. The Hall–Kier alpha value is -2.41. The van der Waals surface area contributed by atoms with Crippen LogP contribution in [0.25, 0.3) is 0 Å². The molecule has 0 saturated carbocycles. The zero-order valence-corrected chi connectivity index (χ0v) is 15.1. The SMILES string of the molecule is CC(=O)Nc1cccc([C@@H]2CN(C(=O)CN)C[C@]23CCCCC(=O)N3)c1. The van der Waals surface area contributed by atoms with Crippen LogP contribution in [0.4, 0.5) is 5.69 Å². The molecule has 3 amide bonds. The predicted molar refractivity (Wildman–Crippen MR) is 98.5 cm³/mol. The number of hydrogen-bond donors (Lipinski definition) is 3. The molecule has 0 radical (unpaired) electrons. The van der Waals surface area contributed by atoms with Crippen LogP contribution in [0.15, 0.2) is 24.3 Å². The molecule has 1 spiro atoms. The van der Waals surface area contributed by atoms with Gasteiger partial charge < -0.3 is 21.3 Å². The summed E-state index contributed by atoms with van der Waals surface area (Å²) in [6.45, 7) is 2.42. The van der Waals surface area contributed by atoms with Crippen molar-refractivity contribution in [3.8, 4) is 0 Å². The zero-order chi connectivity index (χ0) is 18.7. The Morgan fingerprint density at radius 3 is 2.92 bits per heavy atom. The van der Waals surface area contributed by atoms with Crippen LogP contribution in [0.3, 0.4) is 0 Å². The van der Waals surface area contributed by atoms with Gasteiger partial charge in [-0.3, -0.25) is 14.4 Å². The summed E-state index contributed by atoms with van der Waals surface area (Å²) in [5.41, 5.74) is 6.81. The molecule has 7 heteroatoms. The van der Waals surface area contributed by atoms with E-state index in [1.165, 1.54) is 6.92 Å². The van der Waals surface area contributed by atoms with Crippen LogP contribution < -0.4 is 16.4 Å². The fraction of sp³-hybridized carbons (Fsp3) is 0.526. The smallest absolute Gasteiger partial charge is 0.236 e. The summed E-state index contributed by atoms with van der Waals surface area (Å²) >= 11 is 0. The van der Waals surface area contributed by atoms with E-state index in [4.69, 9.17) is 5.73 Å². The molecule has 0 bridgehead atoms. The van der Waals surface area contributed by atoms with E-state index in [2.05, 4.69) is 10.6 Å². The van der Waals surface area contributed by atoms with Gasteiger partial charge in [-0.1, -0.05) is 18.6 Å². The van der Waals surface area contributed by atoms with Gasteiger partial charge in [0.15, 0.2) is 0 Å². The summed E-state index contributed by atoms with van der Waals surface area (Å²) in [6.07, 6.45) is 3.13. The second kappa shape index (κ2) is 7.45. The number of carbonyl (C=O) groups excluding carboxylic acids is 3. The number of benzene rings is 1. The van der Waals surface area contributed by atoms with E-state index in [0.717, 1.165) is 24.8 Å². The van der Waals surface area contributed by atoms with Gasteiger partial charge in [-0.05, 0) is 30.5 Å². The molecule has 4 N–H and O–H groups in total. The Labute approximate surface area is 153 Å². The van der Waals surface area contributed by atoms with Crippen LogP contribution in [0.1, 0.15) is 44.1 Å². The summed E-state index contributed by atoms with van der Waals surface area (Å²) in [4.78, 5) is 37.6. The first-order chi connectivity index (χ1) is 12.4. The molecule has 140 valence electrons. The van der Waals surface area contributed by atoms with E-state index >= 15 is 0 Å². The van der Waals surface area contributed by atoms with E-state index in [0.29, 0.717) is 25.2 Å². The highest BCUT2D eigenvalue weighted by Crippen LogP contribution is 2.41. The first kappa shape index (κ1) is 18.4. The highest BCUT2D eigenvalue weighted by Gasteiger charge is 2.49. The minimum Gasteiger partial charge on any atom is -0.348 e. The number of nitrogens with one attached hydrogen (secondary N) is 2. The van der Waals surface area contributed by atoms with Crippen molar-refractivity contribution in [2.24, 2.45) is 5.73 Å². The molecule has 2 aliphatic rings. The normalized spacial score (nSPS) is 25.7. The van der Waals surface area contributed by atoms with E-state index < -0.39 is 5.54 Å². The topological polar surface area (TPSA) is 105 Å². The molecule has 26 heavy (non-hydrogen) atoms. The van der Waals surface area contributed by atoms with Gasteiger partial charge in [0.1, 0.15) is 0 Å². The number of likely N-dealkylation sites (tertiary alicyclic amines) is 1. The van der Waals surface area contributed by atoms with Gasteiger partial charge in [-0.25, -0.2) is 0 Å². The van der Waals surface area contributed by atoms with Gasteiger partial charge in [-0.2, -0.15) is 0 Å². The fourth-order valence-electron chi connectivity index (χ4n) is 4.20. The van der Waals surface area contributed by atoms with E-state index in [-0.39, 0.29) is 30.2 Å². The predicted octanol–water partition coefficient (Wildman–Crippen LogP) is 0.959. The quantitative estimate of drug-likeness (QED) is 0.748. The lowest BCUT2D eigenvalue weighted by Crippen LogP contribution is -2.53. The van der Waals surface area contributed by atoms with Crippen molar-refractivity contribution in [2.45, 2.75) is 44.1 Å². The molecule has 1 aromatic carbocycles. The van der Waals surface area contributed by atoms with Crippen molar-refractivity contribution in [3.05, 3.63) is 29.8 Å². The number of nitrogens with two attached hydrogens (primary N) is 1. The molecule has 2 saturated heterocycles. The highest BCUT2D eigenvalue weighted by molar-refractivity contribution is 5.88. The molecule has 2 heterocycles. The molecule has 1 aromatic rings. The van der Waals surface area contributed by atoms with Gasteiger partial charge in [0.05, 0.1) is 12.1 Å². The third-order valence-corrected chi connectivity index (χ3v) is 5.34. The minimum absolute atomic E-state index is 0.0336. The number of carbonyl (C=O) groups is 3. The van der Waals surface area contributed by atoms with Crippen LogP contribution in [-0.2, 0) is 14.4 Å². The van der Waals surface area contributed by atoms with Gasteiger partial charge in [-0.15, -0.1) is 0 Å². The summed E-state index contributed by atoms with van der Waals surface area (Å²) < 4.78 is 0. The molecule has 2 aliphatic heterocycles. The molecule has 0 aromatic heterocycles. The van der Waals surface area contributed by atoms with Crippen molar-refractivity contribution < 1.29 is 14.4 Å². The van der Waals surface area contributed by atoms with Gasteiger partial charge in [0, 0.05) is 38.0 Å². The second-order valence-corrected chi connectivity index (χ2v) is 7.25. The zero-order valence-electron chi connectivity index (χ0n) is 15.1. The van der Waals surface area contributed by atoms with Crippen molar-refractivity contribution in [2.75, 3.05) is 25.0 Å². The summed E-state index contributed by atoms with van der Waals surface area (Å²) in [6, 6.07) is 7.65. The Morgan fingerprint density at radius 1 is 1.38 bits per heavy atom. The molecule has 2 atom stereocenters. The average molecular weight is 358 g/mol. The number of rotatable bonds is 3. The van der Waals surface area contributed by atoms with Crippen LogP contribution in [0.5, 0.6) is 0 Å². The average Bonchev–Trinajstić information content (AvgIpc) is 2.86. The van der Waals surface area contributed by atoms with Crippen LogP contribution >= 0.6 is 0 Å². The second-order valence-electron chi connectivity index (χ2n) is 7.25.